The van der Waals surface area contributed by atoms with E-state index in [9.17, 15) is 4.79 Å². The van der Waals surface area contributed by atoms with Crippen LogP contribution in [0.1, 0.15) is 50.4 Å². The Morgan fingerprint density at radius 2 is 1.62 bits per heavy atom. The molecule has 0 radical (unpaired) electrons. The Balaban J connectivity index is 2.14. The summed E-state index contributed by atoms with van der Waals surface area (Å²) < 4.78 is 0. The molecule has 24 heavy (non-hydrogen) atoms. The van der Waals surface area contributed by atoms with E-state index in [4.69, 9.17) is 0 Å². The number of nitrogens with zero attached hydrogens (tertiary/aromatic N) is 1. The van der Waals surface area contributed by atoms with E-state index in [1.807, 2.05) is 49.9 Å². The van der Waals surface area contributed by atoms with E-state index in [1.165, 1.54) is 16.7 Å². The van der Waals surface area contributed by atoms with Crippen LogP contribution in [-0.4, -0.2) is 10.8 Å². The van der Waals surface area contributed by atoms with E-state index in [2.05, 4.69) is 43.3 Å². The Morgan fingerprint density at radius 1 is 1.00 bits per heavy atom. The smallest absolute Gasteiger partial charge is 0.229 e. The first-order valence-electron chi connectivity index (χ1n) is 8.50. The van der Waals surface area contributed by atoms with Gasteiger partial charge in [-0.15, -0.1) is 0 Å². The lowest BCUT2D eigenvalue weighted by Crippen LogP contribution is -2.41. The van der Waals surface area contributed by atoms with Gasteiger partial charge in [0.2, 0.25) is 5.91 Å². The topological polar surface area (TPSA) is 20.3 Å². The highest BCUT2D eigenvalue weighted by atomic mass is 16.2. The first-order valence-corrected chi connectivity index (χ1v) is 8.50. The van der Waals surface area contributed by atoms with E-state index in [1.54, 1.807) is 0 Å². The molecule has 1 heterocycles. The van der Waals surface area contributed by atoms with Crippen LogP contribution in [-0.2, 0) is 11.3 Å². The van der Waals surface area contributed by atoms with Crippen molar-refractivity contribution in [2.24, 2.45) is 5.41 Å². The van der Waals surface area contributed by atoms with Crippen LogP contribution in [0.15, 0.2) is 60.2 Å². The molecule has 2 aromatic rings. The summed E-state index contributed by atoms with van der Waals surface area (Å²) in [6, 6.07) is 18.7. The molecule has 2 nitrogen and oxygen atoms in total. The van der Waals surface area contributed by atoms with Gasteiger partial charge >= 0.3 is 0 Å². The maximum absolute atomic E-state index is 13.2. The van der Waals surface area contributed by atoms with Crippen LogP contribution in [0.5, 0.6) is 0 Å². The molecule has 1 aliphatic heterocycles. The predicted octanol–water partition coefficient (Wildman–Crippen LogP) is 5.22. The van der Waals surface area contributed by atoms with Crippen LogP contribution in [0, 0.1) is 5.41 Å². The Kier molecular flexibility index (Phi) is 4.31. The quantitative estimate of drug-likeness (QED) is 0.705. The summed E-state index contributed by atoms with van der Waals surface area (Å²) in [5, 5.41) is 0. The number of fused-ring (bicyclic) bond motifs is 1. The highest BCUT2D eigenvalue weighted by molar-refractivity contribution is 5.83. The highest BCUT2D eigenvalue weighted by Gasteiger charge is 2.35. The molecule has 1 amide bonds. The number of hydrogen-bond acceptors (Lipinski definition) is 1. The van der Waals surface area contributed by atoms with Gasteiger partial charge in [-0.3, -0.25) is 4.79 Å². The maximum Gasteiger partial charge on any atom is 0.229 e. The molecule has 0 saturated heterocycles. The van der Waals surface area contributed by atoms with Gasteiger partial charge in [0.1, 0.15) is 0 Å². The zero-order valence-corrected chi connectivity index (χ0v) is 14.9. The maximum atomic E-state index is 13.2. The summed E-state index contributed by atoms with van der Waals surface area (Å²) in [4.78, 5) is 15.2. The lowest BCUT2D eigenvalue weighted by molar-refractivity contribution is -0.142. The third-order valence-electron chi connectivity index (χ3n) is 4.54. The summed E-state index contributed by atoms with van der Waals surface area (Å²) >= 11 is 0. The van der Waals surface area contributed by atoms with Crippen molar-refractivity contribution in [3.05, 3.63) is 76.9 Å². The number of benzene rings is 2. The van der Waals surface area contributed by atoms with Gasteiger partial charge in [-0.05, 0) is 29.2 Å². The minimum Gasteiger partial charge on any atom is -0.327 e. The molecule has 2 aromatic carbocycles. The van der Waals surface area contributed by atoms with E-state index in [-0.39, 0.29) is 11.9 Å². The summed E-state index contributed by atoms with van der Waals surface area (Å²) in [7, 11) is 0. The van der Waals surface area contributed by atoms with Gasteiger partial charge in [-0.2, -0.15) is 0 Å². The van der Waals surface area contributed by atoms with Crippen molar-refractivity contribution >= 4 is 12.0 Å². The van der Waals surface area contributed by atoms with E-state index in [0.29, 0.717) is 6.54 Å². The van der Waals surface area contributed by atoms with Gasteiger partial charge in [0, 0.05) is 12.0 Å². The second-order valence-electron chi connectivity index (χ2n) is 7.58. The summed E-state index contributed by atoms with van der Waals surface area (Å²) in [6.07, 6.45) is 2.23. The average molecular weight is 319 g/mol. The minimum absolute atomic E-state index is 0.0228. The van der Waals surface area contributed by atoms with Crippen LogP contribution in [0.2, 0.25) is 0 Å². The molecule has 0 saturated carbocycles. The molecule has 1 unspecified atom stereocenters. The van der Waals surface area contributed by atoms with Crippen molar-refractivity contribution in [3.63, 3.8) is 0 Å². The van der Waals surface area contributed by atoms with E-state index >= 15 is 0 Å². The van der Waals surface area contributed by atoms with Gasteiger partial charge in [0.05, 0.1) is 6.04 Å². The van der Waals surface area contributed by atoms with Gasteiger partial charge < -0.3 is 4.90 Å². The van der Waals surface area contributed by atoms with Gasteiger partial charge in [0.25, 0.3) is 0 Å². The van der Waals surface area contributed by atoms with Crippen molar-refractivity contribution in [1.82, 2.24) is 4.90 Å². The molecule has 0 N–H and O–H groups in total. The SMILES string of the molecule is CC1=Cc2ccccc2CN(C(=O)C(C)(C)C)C1c1ccccc1. The van der Waals surface area contributed by atoms with Crippen LogP contribution in [0.25, 0.3) is 6.08 Å². The number of amides is 1. The lowest BCUT2D eigenvalue weighted by atomic mass is 9.91. The molecule has 0 fully saturated rings. The molecule has 124 valence electrons. The van der Waals surface area contributed by atoms with Crippen LogP contribution < -0.4 is 0 Å². The molecular formula is C22H25NO. The summed E-state index contributed by atoms with van der Waals surface area (Å²) in [6.45, 7) is 8.75. The molecular weight excluding hydrogens is 294 g/mol. The Morgan fingerprint density at radius 3 is 2.29 bits per heavy atom. The van der Waals surface area contributed by atoms with Gasteiger partial charge in [0.15, 0.2) is 0 Å². The Bertz CT molecular complexity index is 768. The molecule has 0 aromatic heterocycles. The lowest BCUT2D eigenvalue weighted by Gasteiger charge is -2.36. The van der Waals surface area contributed by atoms with Crippen molar-refractivity contribution in [2.75, 3.05) is 0 Å². The number of carbonyl (C=O) groups excluding carboxylic acids is 1. The fourth-order valence-electron chi connectivity index (χ4n) is 3.36. The molecule has 0 spiro atoms. The van der Waals surface area contributed by atoms with Crippen molar-refractivity contribution < 1.29 is 4.79 Å². The van der Waals surface area contributed by atoms with Crippen molar-refractivity contribution in [3.8, 4) is 0 Å². The Hall–Kier alpha value is -2.35. The van der Waals surface area contributed by atoms with Crippen molar-refractivity contribution in [2.45, 2.75) is 40.3 Å². The monoisotopic (exact) mass is 319 g/mol. The van der Waals surface area contributed by atoms with Crippen LogP contribution in [0.3, 0.4) is 0 Å². The molecule has 1 aliphatic rings. The van der Waals surface area contributed by atoms with Gasteiger partial charge in [-0.25, -0.2) is 0 Å². The normalized spacial score (nSPS) is 17.8. The highest BCUT2D eigenvalue weighted by Crippen LogP contribution is 2.37. The standard InChI is InChI=1S/C22H25NO/c1-16-14-18-12-8-9-13-19(18)15-23(21(24)22(2,3)4)20(16)17-10-6-5-7-11-17/h5-14,20H,15H2,1-4H3. The van der Waals surface area contributed by atoms with E-state index < -0.39 is 5.41 Å². The van der Waals surface area contributed by atoms with Crippen LogP contribution >= 0.6 is 0 Å². The molecule has 3 rings (SSSR count). The first kappa shape index (κ1) is 16.5. The minimum atomic E-state index is -0.410. The number of hydrogen-bond donors (Lipinski definition) is 0. The van der Waals surface area contributed by atoms with Crippen LogP contribution in [0.4, 0.5) is 0 Å². The third kappa shape index (κ3) is 3.14. The third-order valence-corrected chi connectivity index (χ3v) is 4.54. The molecule has 1 atom stereocenters. The Labute approximate surface area is 144 Å². The number of rotatable bonds is 1. The molecule has 0 bridgehead atoms. The summed E-state index contributed by atoms with van der Waals surface area (Å²) in [5.74, 6) is 0.181. The average Bonchev–Trinajstić information content (AvgIpc) is 2.69. The zero-order chi connectivity index (χ0) is 17.3. The molecule has 0 aliphatic carbocycles. The number of carbonyl (C=O) groups is 1. The predicted molar refractivity (Wildman–Crippen MR) is 99.3 cm³/mol. The second kappa shape index (κ2) is 6.27. The van der Waals surface area contributed by atoms with E-state index in [0.717, 1.165) is 5.56 Å². The molecule has 2 heteroatoms. The second-order valence-corrected chi connectivity index (χ2v) is 7.58. The largest absolute Gasteiger partial charge is 0.327 e. The van der Waals surface area contributed by atoms with Gasteiger partial charge in [-0.1, -0.05) is 81.4 Å². The first-order chi connectivity index (χ1) is 11.4. The zero-order valence-electron chi connectivity index (χ0n) is 14.9. The summed E-state index contributed by atoms with van der Waals surface area (Å²) in [5.41, 5.74) is 4.36. The fourth-order valence-corrected chi connectivity index (χ4v) is 3.36. The fraction of sp³-hybridized carbons (Fsp3) is 0.318. The van der Waals surface area contributed by atoms with Crippen molar-refractivity contribution in [1.29, 1.82) is 0 Å².